The van der Waals surface area contributed by atoms with E-state index in [1.54, 1.807) is 6.20 Å². The van der Waals surface area contributed by atoms with Crippen molar-refractivity contribution < 1.29 is 0 Å². The maximum absolute atomic E-state index is 11.9. The lowest BCUT2D eigenvalue weighted by Crippen LogP contribution is -2.21. The number of nitrogens with zero attached hydrogens (tertiary/aromatic N) is 2. The molecule has 0 fully saturated rings. The van der Waals surface area contributed by atoms with Crippen molar-refractivity contribution >= 4 is 11.3 Å². The summed E-state index contributed by atoms with van der Waals surface area (Å²) in [6.07, 6.45) is 5.71. The number of nitrogens with one attached hydrogen (secondary N) is 1. The second-order valence-corrected chi connectivity index (χ2v) is 4.78. The minimum absolute atomic E-state index is 0.00917. The van der Waals surface area contributed by atoms with Gasteiger partial charge in [0.2, 0.25) is 0 Å². The predicted molar refractivity (Wildman–Crippen MR) is 62.6 cm³/mol. The summed E-state index contributed by atoms with van der Waals surface area (Å²) in [6, 6.07) is 0. The van der Waals surface area contributed by atoms with E-state index in [0.29, 0.717) is 5.82 Å². The van der Waals surface area contributed by atoms with Gasteiger partial charge in [0.15, 0.2) is 10.8 Å². The average molecular weight is 233 g/mol. The molecule has 2 aromatic heterocycles. The van der Waals surface area contributed by atoms with Crippen LogP contribution in [0.3, 0.4) is 0 Å². The molecule has 0 saturated carbocycles. The van der Waals surface area contributed by atoms with Crippen molar-refractivity contribution in [3.8, 4) is 10.8 Å². The molecule has 0 aromatic carbocycles. The van der Waals surface area contributed by atoms with E-state index in [2.05, 4.69) is 15.0 Å². The molecule has 0 unspecified atom stereocenters. The first-order chi connectivity index (χ1) is 7.84. The third kappa shape index (κ3) is 1.57. The van der Waals surface area contributed by atoms with Gasteiger partial charge in [-0.1, -0.05) is 0 Å². The summed E-state index contributed by atoms with van der Waals surface area (Å²) in [4.78, 5) is 23.4. The predicted octanol–water partition coefficient (Wildman–Crippen LogP) is 1.77. The Labute approximate surface area is 96.4 Å². The smallest absolute Gasteiger partial charge is 0.254 e. The first-order valence-electron chi connectivity index (χ1n) is 5.36. The summed E-state index contributed by atoms with van der Waals surface area (Å²) >= 11 is 1.49. The average Bonchev–Trinajstić information content (AvgIpc) is 2.82. The number of hydrogen-bond acceptors (Lipinski definition) is 4. The monoisotopic (exact) mass is 233 g/mol. The van der Waals surface area contributed by atoms with E-state index >= 15 is 0 Å². The molecule has 0 amide bonds. The molecule has 2 aromatic rings. The zero-order valence-corrected chi connectivity index (χ0v) is 9.51. The highest BCUT2D eigenvalue weighted by Gasteiger charge is 2.16. The molecule has 0 spiro atoms. The Hall–Kier alpha value is -1.49. The van der Waals surface area contributed by atoms with Gasteiger partial charge in [-0.05, 0) is 25.7 Å². The normalized spacial score (nSPS) is 14.8. The number of H-pyrrole nitrogens is 1. The van der Waals surface area contributed by atoms with Gasteiger partial charge >= 0.3 is 0 Å². The fourth-order valence-corrected chi connectivity index (χ4v) is 2.63. The number of fused-ring (bicyclic) bond motifs is 1. The molecular formula is C11H11N3OS. The van der Waals surface area contributed by atoms with Gasteiger partial charge in [-0.3, -0.25) is 4.79 Å². The number of aryl methyl sites for hydroxylation is 1. The Balaban J connectivity index is 2.16. The molecule has 1 aliphatic rings. The Kier molecular flexibility index (Phi) is 2.32. The fraction of sp³-hybridized carbons (Fsp3) is 0.364. The van der Waals surface area contributed by atoms with E-state index < -0.39 is 0 Å². The second-order valence-electron chi connectivity index (χ2n) is 3.88. The lowest BCUT2D eigenvalue weighted by Gasteiger charge is -2.13. The molecular weight excluding hydrogens is 222 g/mol. The van der Waals surface area contributed by atoms with Gasteiger partial charge < -0.3 is 4.98 Å². The van der Waals surface area contributed by atoms with Crippen molar-refractivity contribution in [2.75, 3.05) is 0 Å². The van der Waals surface area contributed by atoms with Crippen molar-refractivity contribution in [1.29, 1.82) is 0 Å². The number of aromatic amines is 1. The second kappa shape index (κ2) is 3.83. The van der Waals surface area contributed by atoms with Gasteiger partial charge in [-0.25, -0.2) is 9.97 Å². The summed E-state index contributed by atoms with van der Waals surface area (Å²) in [6.45, 7) is 0. The molecule has 1 aliphatic carbocycles. The largest absolute Gasteiger partial charge is 0.304 e. The molecule has 1 N–H and O–H groups in total. The van der Waals surface area contributed by atoms with Gasteiger partial charge in [-0.2, -0.15) is 0 Å². The van der Waals surface area contributed by atoms with Gasteiger partial charge in [0, 0.05) is 17.1 Å². The fourth-order valence-electron chi connectivity index (χ4n) is 2.04. The molecule has 0 atom stereocenters. The molecule has 3 rings (SSSR count). The highest BCUT2D eigenvalue weighted by molar-refractivity contribution is 7.12. The minimum atomic E-state index is 0.00917. The summed E-state index contributed by atoms with van der Waals surface area (Å²) in [5.41, 5.74) is 1.83. The highest BCUT2D eigenvalue weighted by atomic mass is 32.1. The quantitative estimate of drug-likeness (QED) is 0.816. The summed E-state index contributed by atoms with van der Waals surface area (Å²) in [7, 11) is 0. The van der Waals surface area contributed by atoms with Gasteiger partial charge in [0.05, 0.1) is 5.69 Å². The van der Waals surface area contributed by atoms with E-state index in [9.17, 15) is 4.79 Å². The summed E-state index contributed by atoms with van der Waals surface area (Å²) in [5.74, 6) is 0.612. The summed E-state index contributed by atoms with van der Waals surface area (Å²) < 4.78 is 0. The lowest BCUT2D eigenvalue weighted by atomic mass is 9.97. The Morgan fingerprint density at radius 2 is 2.19 bits per heavy atom. The van der Waals surface area contributed by atoms with Crippen molar-refractivity contribution in [3.05, 3.63) is 33.2 Å². The first kappa shape index (κ1) is 9.72. The van der Waals surface area contributed by atoms with Crippen LogP contribution in [0.5, 0.6) is 0 Å². The van der Waals surface area contributed by atoms with E-state index in [1.807, 2.05) is 5.38 Å². The van der Waals surface area contributed by atoms with Crippen molar-refractivity contribution in [1.82, 2.24) is 15.0 Å². The molecule has 0 saturated heterocycles. The minimum Gasteiger partial charge on any atom is -0.304 e. The van der Waals surface area contributed by atoms with Crippen LogP contribution in [0.25, 0.3) is 10.8 Å². The van der Waals surface area contributed by atoms with Crippen molar-refractivity contribution in [2.45, 2.75) is 25.7 Å². The number of aromatic nitrogens is 3. The van der Waals surface area contributed by atoms with Crippen molar-refractivity contribution in [3.63, 3.8) is 0 Å². The number of hydrogen-bond donors (Lipinski definition) is 1. The van der Waals surface area contributed by atoms with Crippen LogP contribution in [-0.4, -0.2) is 15.0 Å². The van der Waals surface area contributed by atoms with Gasteiger partial charge in [-0.15, -0.1) is 11.3 Å². The van der Waals surface area contributed by atoms with Crippen molar-refractivity contribution in [2.24, 2.45) is 0 Å². The van der Waals surface area contributed by atoms with Crippen LogP contribution < -0.4 is 5.56 Å². The van der Waals surface area contributed by atoms with Gasteiger partial charge in [0.1, 0.15) is 0 Å². The Bertz CT molecular complexity index is 559. The molecule has 0 radical (unpaired) electrons. The van der Waals surface area contributed by atoms with Gasteiger partial charge in [0.25, 0.3) is 5.56 Å². The Morgan fingerprint density at radius 3 is 3.00 bits per heavy atom. The van der Waals surface area contributed by atoms with Crippen LogP contribution in [0.2, 0.25) is 0 Å². The van der Waals surface area contributed by atoms with Crippen LogP contribution in [0.1, 0.15) is 24.1 Å². The van der Waals surface area contributed by atoms with Crippen LogP contribution in [0.4, 0.5) is 0 Å². The molecule has 4 nitrogen and oxygen atoms in total. The molecule has 0 aliphatic heterocycles. The standard InChI is InChI=1S/C11H11N3OS/c15-10-7-3-1-2-4-8(7)13-9(14-10)11-12-5-6-16-11/h5-6H,1-4H2,(H,13,14,15). The number of rotatable bonds is 1. The molecule has 82 valence electrons. The molecule has 5 heteroatoms. The maximum atomic E-state index is 11.9. The topological polar surface area (TPSA) is 58.6 Å². The SMILES string of the molecule is O=c1[nH]c(-c2nccs2)nc2c1CCCC2. The van der Waals surface area contributed by atoms with Crippen LogP contribution >= 0.6 is 11.3 Å². The molecule has 2 heterocycles. The third-order valence-electron chi connectivity index (χ3n) is 2.83. The van der Waals surface area contributed by atoms with E-state index in [-0.39, 0.29) is 5.56 Å². The maximum Gasteiger partial charge on any atom is 0.254 e. The van der Waals surface area contributed by atoms with Crippen LogP contribution in [0.15, 0.2) is 16.4 Å². The van der Waals surface area contributed by atoms with E-state index in [1.165, 1.54) is 11.3 Å². The first-order valence-corrected chi connectivity index (χ1v) is 6.24. The zero-order chi connectivity index (χ0) is 11.0. The Morgan fingerprint density at radius 1 is 1.31 bits per heavy atom. The molecule has 0 bridgehead atoms. The van der Waals surface area contributed by atoms with Crippen LogP contribution in [0, 0.1) is 0 Å². The third-order valence-corrected chi connectivity index (χ3v) is 3.61. The number of thiazole rings is 1. The summed E-state index contributed by atoms with van der Waals surface area (Å²) in [5, 5.41) is 2.67. The van der Waals surface area contributed by atoms with Crippen LogP contribution in [-0.2, 0) is 12.8 Å². The highest BCUT2D eigenvalue weighted by Crippen LogP contribution is 2.20. The lowest BCUT2D eigenvalue weighted by molar-refractivity contribution is 0.657. The van der Waals surface area contributed by atoms with E-state index in [0.717, 1.165) is 41.9 Å². The molecule has 16 heavy (non-hydrogen) atoms. The van der Waals surface area contributed by atoms with E-state index in [4.69, 9.17) is 0 Å². The zero-order valence-electron chi connectivity index (χ0n) is 8.69.